The zero-order valence-electron chi connectivity index (χ0n) is 6.04. The van der Waals surface area contributed by atoms with Crippen LogP contribution in [0.25, 0.3) is 11.0 Å². The van der Waals surface area contributed by atoms with Gasteiger partial charge in [-0.05, 0) is 6.07 Å². The Kier molecular flexibility index (Phi) is 2.19. The Morgan fingerprint density at radius 1 is 1.50 bits per heavy atom. The number of nitrogens with one attached hydrogen (secondary N) is 1. The molecule has 12 heavy (non-hydrogen) atoms. The number of halogens is 2. The molecule has 0 fully saturated rings. The highest BCUT2D eigenvalue weighted by Crippen LogP contribution is 2.18. The lowest BCUT2D eigenvalue weighted by Gasteiger charge is -1.89. The summed E-state index contributed by atoms with van der Waals surface area (Å²) >= 11 is 0. The molecule has 64 valence electrons. The summed E-state index contributed by atoms with van der Waals surface area (Å²) in [5.74, 6) is -0.371. The predicted octanol–water partition coefficient (Wildman–Crippen LogP) is 1.71. The lowest BCUT2D eigenvalue weighted by molar-refractivity contribution is 0.624. The summed E-state index contributed by atoms with van der Waals surface area (Å²) in [6, 6.07) is 1.36. The van der Waals surface area contributed by atoms with Crippen LogP contribution in [-0.4, -0.2) is 9.97 Å². The van der Waals surface area contributed by atoms with Crippen molar-refractivity contribution >= 4 is 29.1 Å². The van der Waals surface area contributed by atoms with Crippen LogP contribution in [0.4, 0.5) is 10.1 Å². The van der Waals surface area contributed by atoms with Crippen LogP contribution in [0.2, 0.25) is 0 Å². The quantitative estimate of drug-likeness (QED) is 0.660. The summed E-state index contributed by atoms with van der Waals surface area (Å²) in [5.41, 5.74) is 6.64. The number of H-pyrrole nitrogens is 1. The highest BCUT2D eigenvalue weighted by atomic mass is 35.5. The van der Waals surface area contributed by atoms with E-state index in [4.69, 9.17) is 5.73 Å². The Balaban J connectivity index is 0.000000720. The number of nitrogens with zero attached hydrogens (tertiary/aromatic N) is 1. The van der Waals surface area contributed by atoms with Crippen molar-refractivity contribution in [3.05, 3.63) is 24.3 Å². The SMILES string of the molecule is Cl.Nc1c[nH]c2ncc(F)cc12. The first-order valence-corrected chi connectivity index (χ1v) is 3.15. The van der Waals surface area contributed by atoms with Gasteiger partial charge >= 0.3 is 0 Å². The van der Waals surface area contributed by atoms with E-state index >= 15 is 0 Å². The van der Waals surface area contributed by atoms with Crippen LogP contribution in [0.3, 0.4) is 0 Å². The molecule has 2 heterocycles. The van der Waals surface area contributed by atoms with E-state index in [1.807, 2.05) is 0 Å². The van der Waals surface area contributed by atoms with E-state index in [1.54, 1.807) is 6.20 Å². The average Bonchev–Trinajstić information content (AvgIpc) is 2.33. The van der Waals surface area contributed by atoms with Crippen molar-refractivity contribution in [3.63, 3.8) is 0 Å². The number of pyridine rings is 1. The molecule has 0 radical (unpaired) electrons. The Morgan fingerprint density at radius 2 is 2.25 bits per heavy atom. The van der Waals surface area contributed by atoms with E-state index in [0.717, 1.165) is 6.20 Å². The van der Waals surface area contributed by atoms with Crippen LogP contribution in [0, 0.1) is 5.82 Å². The maximum atomic E-state index is 12.6. The van der Waals surface area contributed by atoms with Crippen LogP contribution in [0.1, 0.15) is 0 Å². The number of hydrogen-bond acceptors (Lipinski definition) is 2. The average molecular weight is 188 g/mol. The molecule has 0 saturated heterocycles. The first-order chi connectivity index (χ1) is 5.27. The van der Waals surface area contributed by atoms with Gasteiger partial charge in [0, 0.05) is 11.6 Å². The highest BCUT2D eigenvalue weighted by Gasteiger charge is 2.01. The van der Waals surface area contributed by atoms with Gasteiger partial charge in [-0.3, -0.25) is 0 Å². The zero-order chi connectivity index (χ0) is 7.84. The molecule has 0 spiro atoms. The molecular weight excluding hydrogens is 181 g/mol. The predicted molar refractivity (Wildman–Crippen MR) is 47.7 cm³/mol. The van der Waals surface area contributed by atoms with Crippen molar-refractivity contribution in [1.82, 2.24) is 9.97 Å². The van der Waals surface area contributed by atoms with Crippen molar-refractivity contribution < 1.29 is 4.39 Å². The van der Waals surface area contributed by atoms with Gasteiger partial charge in [0.15, 0.2) is 0 Å². The van der Waals surface area contributed by atoms with Crippen LogP contribution in [-0.2, 0) is 0 Å². The van der Waals surface area contributed by atoms with Crippen molar-refractivity contribution in [2.24, 2.45) is 0 Å². The lowest BCUT2D eigenvalue weighted by atomic mass is 10.3. The lowest BCUT2D eigenvalue weighted by Crippen LogP contribution is -1.82. The molecule has 0 amide bonds. The molecule has 0 aromatic carbocycles. The number of hydrogen-bond donors (Lipinski definition) is 2. The topological polar surface area (TPSA) is 54.7 Å². The summed E-state index contributed by atoms with van der Waals surface area (Å²) in [4.78, 5) is 6.60. The molecule has 0 aliphatic heterocycles. The minimum absolute atomic E-state index is 0. The van der Waals surface area contributed by atoms with E-state index in [0.29, 0.717) is 16.7 Å². The van der Waals surface area contributed by atoms with Gasteiger partial charge in [-0.2, -0.15) is 0 Å². The molecule has 5 heteroatoms. The van der Waals surface area contributed by atoms with Crippen LogP contribution in [0.15, 0.2) is 18.5 Å². The molecule has 0 bridgehead atoms. The van der Waals surface area contributed by atoms with Gasteiger partial charge in [0.2, 0.25) is 0 Å². The smallest absolute Gasteiger partial charge is 0.142 e. The van der Waals surface area contributed by atoms with E-state index < -0.39 is 0 Å². The minimum atomic E-state index is -0.371. The molecule has 0 atom stereocenters. The van der Waals surface area contributed by atoms with Gasteiger partial charge in [0.05, 0.1) is 11.9 Å². The third-order valence-electron chi connectivity index (χ3n) is 1.53. The second-order valence-electron chi connectivity index (χ2n) is 2.29. The maximum absolute atomic E-state index is 12.6. The molecule has 0 aliphatic rings. The number of nitrogens with two attached hydrogens (primary N) is 1. The molecule has 0 aliphatic carbocycles. The second kappa shape index (κ2) is 2.98. The van der Waals surface area contributed by atoms with Gasteiger partial charge in [0.1, 0.15) is 11.5 Å². The summed E-state index contributed by atoms with van der Waals surface area (Å²) in [6.07, 6.45) is 2.75. The van der Waals surface area contributed by atoms with Gasteiger partial charge in [0.25, 0.3) is 0 Å². The Bertz CT molecular complexity index is 398. The third-order valence-corrected chi connectivity index (χ3v) is 1.53. The molecule has 2 aromatic heterocycles. The molecule has 0 unspecified atom stereocenters. The highest BCUT2D eigenvalue weighted by molar-refractivity contribution is 5.88. The monoisotopic (exact) mass is 187 g/mol. The summed E-state index contributed by atoms with van der Waals surface area (Å²) < 4.78 is 12.6. The van der Waals surface area contributed by atoms with Crippen LogP contribution < -0.4 is 5.73 Å². The maximum Gasteiger partial charge on any atom is 0.142 e. The summed E-state index contributed by atoms with van der Waals surface area (Å²) in [7, 11) is 0. The van der Waals surface area contributed by atoms with Gasteiger partial charge in [-0.1, -0.05) is 0 Å². The number of anilines is 1. The van der Waals surface area contributed by atoms with E-state index in [-0.39, 0.29) is 18.2 Å². The van der Waals surface area contributed by atoms with Gasteiger partial charge in [-0.25, -0.2) is 9.37 Å². The number of nitrogen functional groups attached to an aromatic ring is 1. The minimum Gasteiger partial charge on any atom is -0.397 e. The summed E-state index contributed by atoms with van der Waals surface area (Å²) in [5, 5.41) is 0.630. The molecule has 3 nitrogen and oxygen atoms in total. The van der Waals surface area contributed by atoms with Crippen molar-refractivity contribution in [3.8, 4) is 0 Å². The first-order valence-electron chi connectivity index (χ1n) is 3.15. The van der Waals surface area contributed by atoms with Gasteiger partial charge < -0.3 is 10.7 Å². The van der Waals surface area contributed by atoms with Crippen molar-refractivity contribution in [2.75, 3.05) is 5.73 Å². The first kappa shape index (κ1) is 8.80. The number of rotatable bonds is 0. The molecule has 2 rings (SSSR count). The number of aromatic amines is 1. The fraction of sp³-hybridized carbons (Fsp3) is 0. The second-order valence-corrected chi connectivity index (χ2v) is 2.29. The molecule has 0 saturated carbocycles. The fourth-order valence-electron chi connectivity index (χ4n) is 0.998. The summed E-state index contributed by atoms with van der Waals surface area (Å²) in [6.45, 7) is 0. The number of aromatic nitrogens is 2. The van der Waals surface area contributed by atoms with Crippen molar-refractivity contribution in [2.45, 2.75) is 0 Å². The third kappa shape index (κ3) is 1.21. The van der Waals surface area contributed by atoms with Crippen molar-refractivity contribution in [1.29, 1.82) is 0 Å². The largest absolute Gasteiger partial charge is 0.397 e. The van der Waals surface area contributed by atoms with E-state index in [1.165, 1.54) is 6.07 Å². The standard InChI is InChI=1S/C7H6FN3.ClH/c8-4-1-5-6(9)3-11-7(5)10-2-4;/h1-3H,9H2,(H,10,11);1H. The zero-order valence-corrected chi connectivity index (χ0v) is 6.86. The Hall–Kier alpha value is -1.29. The van der Waals surface area contributed by atoms with Crippen LogP contribution in [0.5, 0.6) is 0 Å². The number of fused-ring (bicyclic) bond motifs is 1. The van der Waals surface area contributed by atoms with E-state index in [2.05, 4.69) is 9.97 Å². The Labute approximate surface area is 74.2 Å². The molecular formula is C7H7ClFN3. The molecule has 2 aromatic rings. The molecule has 3 N–H and O–H groups in total. The normalized spacial score (nSPS) is 9.75. The fourth-order valence-corrected chi connectivity index (χ4v) is 0.998. The van der Waals surface area contributed by atoms with Crippen LogP contribution >= 0.6 is 12.4 Å². The van der Waals surface area contributed by atoms with E-state index in [9.17, 15) is 4.39 Å². The van der Waals surface area contributed by atoms with Gasteiger partial charge in [-0.15, -0.1) is 12.4 Å². The Morgan fingerprint density at radius 3 is 3.00 bits per heavy atom.